The van der Waals surface area contributed by atoms with Crippen LogP contribution in [-0.4, -0.2) is 247 Å². The van der Waals surface area contributed by atoms with Gasteiger partial charge in [0.15, 0.2) is 30.4 Å². The summed E-state index contributed by atoms with van der Waals surface area (Å²) in [7, 11) is 4.82. The van der Waals surface area contributed by atoms with Crippen LogP contribution in [0.4, 0.5) is 0 Å². The molecule has 15 rings (SSSR count). The minimum atomic E-state index is -1.83. The molecule has 33 atom stereocenters. The lowest BCUT2D eigenvalue weighted by Crippen LogP contribution is -2.58. The first-order valence-corrected chi connectivity index (χ1v) is 44.7. The van der Waals surface area contributed by atoms with Crippen molar-refractivity contribution in [1.82, 2.24) is 0 Å². The van der Waals surface area contributed by atoms with E-state index in [-0.39, 0.29) is 67.2 Å². The monoisotopic (exact) mass is 1670 g/mol. The Balaban J connectivity index is 0.000000197. The lowest BCUT2D eigenvalue weighted by Gasteiger charge is -2.51. The number of oxime groups is 1. The van der Waals surface area contributed by atoms with E-state index in [1.165, 1.54) is 38.5 Å². The molecule has 0 amide bonds. The molecular weight excluding hydrogens is 1530 g/mol. The summed E-state index contributed by atoms with van der Waals surface area (Å²) in [5.41, 5.74) is 0.528. The smallest absolute Gasteiger partial charge is 0.316 e. The molecule has 6 N–H and O–H groups in total. The van der Waals surface area contributed by atoms with Crippen molar-refractivity contribution in [2.24, 2.45) is 52.5 Å². The molecule has 8 saturated heterocycles. The van der Waals surface area contributed by atoms with Crippen molar-refractivity contribution in [3.63, 3.8) is 0 Å². The minimum absolute atomic E-state index is 0.0242. The van der Waals surface area contributed by atoms with Gasteiger partial charge in [-0.15, -0.1) is 0 Å². The fourth-order valence-electron chi connectivity index (χ4n) is 22.1. The molecule has 26 nitrogen and oxygen atoms in total. The highest BCUT2D eigenvalue weighted by atomic mass is 16.7. The van der Waals surface area contributed by atoms with Gasteiger partial charge in [-0.25, -0.2) is 0 Å². The zero-order chi connectivity index (χ0) is 84.6. The molecule has 2 spiro atoms. The molecule has 119 heavy (non-hydrogen) atoms. The van der Waals surface area contributed by atoms with Crippen molar-refractivity contribution in [2.45, 2.75) is 375 Å². The Labute approximate surface area is 703 Å². The van der Waals surface area contributed by atoms with Crippen LogP contribution in [0.5, 0.6) is 0 Å². The van der Waals surface area contributed by atoms with Crippen LogP contribution >= 0.6 is 0 Å². The molecule has 11 aliphatic heterocycles. The molecule has 26 heteroatoms. The van der Waals surface area contributed by atoms with E-state index in [0.29, 0.717) is 104 Å². The van der Waals surface area contributed by atoms with Crippen LogP contribution in [0.1, 0.15) is 211 Å². The lowest BCUT2D eigenvalue weighted by atomic mass is 9.71. The molecular formula is C93H137NO25. The topological polar surface area (TPSA) is 325 Å². The second-order valence-corrected chi connectivity index (χ2v) is 37.4. The maximum Gasteiger partial charge on any atom is 0.316 e. The summed E-state index contributed by atoms with van der Waals surface area (Å²) in [6.07, 6.45) is 28.2. The number of methoxy groups -OCH3 is 3. The number of hydrogen-bond acceptors (Lipinski definition) is 26. The van der Waals surface area contributed by atoms with E-state index < -0.39 is 157 Å². The molecule has 15 aliphatic rings. The van der Waals surface area contributed by atoms with Crippen molar-refractivity contribution in [3.05, 3.63) is 106 Å². The number of esters is 2. The Bertz CT molecular complexity index is 3820. The number of hydrogen-bond donors (Lipinski definition) is 6. The Hall–Kier alpha value is -4.73. The van der Waals surface area contributed by atoms with Gasteiger partial charge in [0.05, 0.1) is 86.5 Å². The highest BCUT2D eigenvalue weighted by molar-refractivity contribution is 6.07. The van der Waals surface area contributed by atoms with E-state index in [1.54, 1.807) is 66.4 Å². The third-order valence-electron chi connectivity index (χ3n) is 29.0. The van der Waals surface area contributed by atoms with E-state index >= 15 is 0 Å². The van der Waals surface area contributed by atoms with Crippen LogP contribution in [0.3, 0.4) is 0 Å². The van der Waals surface area contributed by atoms with Crippen molar-refractivity contribution in [1.29, 1.82) is 0 Å². The molecule has 0 aromatic carbocycles. The number of aliphatic hydroxyl groups is 5. The van der Waals surface area contributed by atoms with Crippen molar-refractivity contribution >= 4 is 17.7 Å². The van der Waals surface area contributed by atoms with Crippen LogP contribution in [0.15, 0.2) is 112 Å². The first-order chi connectivity index (χ1) is 57.0. The number of nitrogens with zero attached hydrogens (tertiary/aromatic N) is 1. The molecule has 4 aliphatic carbocycles. The van der Waals surface area contributed by atoms with Crippen molar-refractivity contribution in [3.8, 4) is 0 Å². The van der Waals surface area contributed by atoms with Gasteiger partial charge in [-0.1, -0.05) is 138 Å². The van der Waals surface area contributed by atoms with Gasteiger partial charge in [-0.2, -0.15) is 0 Å². The van der Waals surface area contributed by atoms with Crippen LogP contribution < -0.4 is 0 Å². The lowest BCUT2D eigenvalue weighted by molar-refractivity contribution is -0.342. The van der Waals surface area contributed by atoms with Crippen molar-refractivity contribution < 1.29 is 121 Å². The summed E-state index contributed by atoms with van der Waals surface area (Å²) >= 11 is 0. The first-order valence-electron chi connectivity index (χ1n) is 44.7. The summed E-state index contributed by atoms with van der Waals surface area (Å²) in [6.45, 7) is 21.9. The highest BCUT2D eigenvalue weighted by Crippen LogP contribution is 2.52. The van der Waals surface area contributed by atoms with Gasteiger partial charge in [-0.3, -0.25) is 9.59 Å². The van der Waals surface area contributed by atoms with Gasteiger partial charge in [0.25, 0.3) is 0 Å². The van der Waals surface area contributed by atoms with E-state index in [2.05, 4.69) is 64.9 Å². The number of carbonyl (C=O) groups is 2. The Morgan fingerprint density at radius 1 is 0.513 bits per heavy atom. The number of rotatable bonds is 11. The zero-order valence-corrected chi connectivity index (χ0v) is 72.5. The van der Waals surface area contributed by atoms with Crippen LogP contribution in [0.2, 0.25) is 0 Å². The predicted molar refractivity (Wildman–Crippen MR) is 438 cm³/mol. The molecule has 664 valence electrons. The van der Waals surface area contributed by atoms with Crippen LogP contribution in [-0.2, 0) is 90.1 Å². The summed E-state index contributed by atoms with van der Waals surface area (Å²) in [6, 6.07) is 0. The SMILES string of the molecule is CO[C@H]1C[C@H](O[C@@H]2/C(C)=C/C[C@@H]3C[C@@H](C[C@]4(CC[C@H](C)[C@@H](C5CCCCC5)O4)O3)OC(=O)[C@@H]3C=C(C)/C(=N/O)[C@H]4OC/C(=C\C=C\[C@@H]2C)[C@]43O)O[C@@H](C)[C@@H]1O.CO[C@H]1C[C@H](O[C@H]2[C@H](C)O[C@@H](O[C@@H]3/C(C)=C/C[C@@H]4C[C@@H](C[C@]5(C=C[C@H](C)[C@@H](C6CCCCC6)O5)O4)OC(=O)[C@@H]4C=C(C)[C@@H](O)[C@H]5OC/C(=C\C=C\[C@@H]3C)[C@]54O)C[C@@H]2OC)O[C@@H](C)[C@@H]1O. The molecule has 4 bridgehead atoms. The summed E-state index contributed by atoms with van der Waals surface area (Å²) in [5, 5.41) is 71.0. The van der Waals surface area contributed by atoms with E-state index in [1.807, 2.05) is 44.2 Å². The van der Waals surface area contributed by atoms with Gasteiger partial charge in [0.1, 0.15) is 77.6 Å². The Kier molecular flexibility index (Phi) is 29.4. The first kappa shape index (κ1) is 90.5. The fourth-order valence-corrected chi connectivity index (χ4v) is 22.1. The molecule has 0 unspecified atom stereocenters. The van der Waals surface area contributed by atoms with Gasteiger partial charge >= 0.3 is 11.9 Å². The largest absolute Gasteiger partial charge is 0.462 e. The third-order valence-corrected chi connectivity index (χ3v) is 29.0. The number of aliphatic hydroxyl groups excluding tert-OH is 3. The molecule has 10 fully saturated rings. The molecule has 11 heterocycles. The third kappa shape index (κ3) is 19.3. The maximum absolute atomic E-state index is 14.4. The van der Waals surface area contributed by atoms with E-state index in [0.717, 1.165) is 43.3 Å². The second kappa shape index (κ2) is 38.6. The number of fused-ring (bicyclic) bond motifs is 4. The average molecular weight is 1670 g/mol. The standard InChI is InChI=1S/C50H74O14.C43H63NO11/c1-27-13-12-16-34-26-57-47-42(51)30(4)21-37(50(34,47)54)48(53)60-36-22-35(63-49(25-36)20-19-29(3)45(64-49)33-14-10-9-11-15-33)18-17-28(2)44(27)61-41-24-39(56-8)46(32(6)59-41)62-40-23-38(55-7)43(52)31(5)58-40;1-24-11-10-14-30-23-50-40-36(44-48)27(4)19-33(43(30,40)47)41(46)52-32-20-31(16-15-25(2)38(24)53-35-21-34(49-6)37(45)28(5)51-35)54-42(22-32)18-17-26(3)39(55-42)29-12-8-7-9-13-29/h12-13,16-17,19-21,27,29,31-33,35-47,51-52,54H,9-11,14-15,18,22-26H2,1-8H3;10-11,14-15,19,24,26,28-29,31-35,37-40,45,47-48H,7-9,12-13,16-18,20-23H2,1-6H3/b13-12+,28-17+,34-16+;11-10+,25-15+,30-14+,44-36-/t27-,29-,31-,32-,35+,36-,37-,38-,39-,40-,41-,42+,43-,44-,45-,46-,47+,49+,50+;24-,26-,28-,31+,32-,33-,34-,35-,37-,38-,39-,40+,42+,43+/m00/s1. The summed E-state index contributed by atoms with van der Waals surface area (Å²) in [4.78, 5) is 28.8. The van der Waals surface area contributed by atoms with Gasteiger partial charge in [0.2, 0.25) is 0 Å². The van der Waals surface area contributed by atoms with Crippen LogP contribution in [0.25, 0.3) is 0 Å². The van der Waals surface area contributed by atoms with Gasteiger partial charge in [-0.05, 0) is 151 Å². The van der Waals surface area contributed by atoms with E-state index in [4.69, 9.17) is 80.5 Å². The maximum atomic E-state index is 14.4. The highest BCUT2D eigenvalue weighted by Gasteiger charge is 2.63. The Morgan fingerprint density at radius 3 is 1.60 bits per heavy atom. The molecule has 0 aromatic heterocycles. The van der Waals surface area contributed by atoms with Gasteiger partial charge in [0, 0.05) is 90.4 Å². The van der Waals surface area contributed by atoms with Crippen LogP contribution in [0, 0.1) is 47.3 Å². The fraction of sp³-hybridized carbons (Fsp3) is 0.774. The Morgan fingerprint density at radius 2 is 1.03 bits per heavy atom. The minimum Gasteiger partial charge on any atom is -0.462 e. The quantitative estimate of drug-likeness (QED) is 0.0484. The molecule has 0 aromatic rings. The molecule has 0 radical (unpaired) electrons. The van der Waals surface area contributed by atoms with Crippen molar-refractivity contribution in [2.75, 3.05) is 34.5 Å². The number of ether oxygens (including phenoxy) is 17. The molecule has 2 saturated carbocycles. The normalized spacial score (nSPS) is 48.6. The number of carbonyl (C=O) groups excluding carboxylic acids is 2. The van der Waals surface area contributed by atoms with E-state index in [9.17, 15) is 40.3 Å². The predicted octanol–water partition coefficient (Wildman–Crippen LogP) is 12.0. The zero-order valence-electron chi connectivity index (χ0n) is 72.5. The second-order valence-electron chi connectivity index (χ2n) is 37.4. The average Bonchev–Trinajstić information content (AvgIpc) is 1.61. The number of allylic oxidation sites excluding steroid dienone is 4. The van der Waals surface area contributed by atoms with Gasteiger partial charge < -0.3 is 111 Å². The summed E-state index contributed by atoms with van der Waals surface area (Å²) < 4.78 is 109. The summed E-state index contributed by atoms with van der Waals surface area (Å²) in [5.74, 6) is -4.16.